The molecule has 0 rings (SSSR count). The lowest BCUT2D eigenvalue weighted by molar-refractivity contribution is -1.36. The van der Waals surface area contributed by atoms with Crippen LogP contribution < -0.4 is 0 Å². The number of quaternary nitrogens is 1. The molecular weight excluding hydrogens is 146 g/mol. The first-order chi connectivity index (χ1) is 5.24. The summed E-state index contributed by atoms with van der Waals surface area (Å²) < 4.78 is 0. The van der Waals surface area contributed by atoms with Crippen LogP contribution in [-0.4, -0.2) is 32.8 Å². The molecule has 0 amide bonds. The molecule has 0 fully saturated rings. The fourth-order valence-electron chi connectivity index (χ4n) is 0.849. The van der Waals surface area contributed by atoms with Gasteiger partial charge in [-0.2, -0.15) is 0 Å². The summed E-state index contributed by atoms with van der Waals surface area (Å²) in [6.07, 6.45) is 2.10. The maximum Gasteiger partial charge on any atom is 0.178 e. The quantitative estimate of drug-likeness (QED) is 0.437. The number of hydroxylamine groups is 3. The molecule has 68 valence electrons. The van der Waals surface area contributed by atoms with Crippen LogP contribution in [0.5, 0.6) is 0 Å². The van der Waals surface area contributed by atoms with Gasteiger partial charge in [0.25, 0.3) is 0 Å². The van der Waals surface area contributed by atoms with Crippen molar-refractivity contribution in [1.29, 1.82) is 0 Å². The largest absolute Gasteiger partial charge is 0.178 e. The topological polar surface area (TPSA) is 27.7 Å². The van der Waals surface area contributed by atoms with E-state index in [0.29, 0.717) is 6.54 Å². The Kier molecular flexibility index (Phi) is 5.41. The van der Waals surface area contributed by atoms with Crippen LogP contribution >= 0.6 is 0 Å². The van der Waals surface area contributed by atoms with Gasteiger partial charge >= 0.3 is 0 Å². The summed E-state index contributed by atoms with van der Waals surface area (Å²) in [6, 6.07) is 0. The molecule has 4 heteroatoms. The Bertz CT molecular complexity index is 85.4. The summed E-state index contributed by atoms with van der Waals surface area (Å²) in [5.41, 5.74) is 0. The van der Waals surface area contributed by atoms with Gasteiger partial charge in [0, 0.05) is 6.42 Å². The molecule has 0 saturated heterocycles. The molecule has 4 nitrogen and oxygen atoms in total. The Labute approximate surface area is 68.1 Å². The summed E-state index contributed by atoms with van der Waals surface area (Å²) >= 11 is 0. The highest BCUT2D eigenvalue weighted by Crippen LogP contribution is 2.09. The van der Waals surface area contributed by atoms with Crippen molar-refractivity contribution in [2.75, 3.05) is 27.9 Å². The van der Waals surface area contributed by atoms with Crippen molar-refractivity contribution in [3.63, 3.8) is 0 Å². The second kappa shape index (κ2) is 5.49. The molecule has 0 spiro atoms. The second-order valence-corrected chi connectivity index (χ2v) is 2.24. The van der Waals surface area contributed by atoms with Crippen molar-refractivity contribution in [1.82, 2.24) is 0 Å². The predicted octanol–water partition coefficient (Wildman–Crippen LogP) is 1.29. The van der Waals surface area contributed by atoms with Gasteiger partial charge in [-0.3, -0.25) is 0 Å². The zero-order chi connectivity index (χ0) is 8.74. The molecule has 0 radical (unpaired) electrons. The number of hydrogen-bond acceptors (Lipinski definition) is 3. The van der Waals surface area contributed by atoms with Gasteiger partial charge in [0.15, 0.2) is 6.54 Å². The second-order valence-electron chi connectivity index (χ2n) is 2.24. The molecule has 0 aromatic rings. The standard InChI is InChI=1S/C7H18NO3/c1-5-6-7-8(9-2,10-3)11-4/h5-7H2,1-4H3/q+1. The average Bonchev–Trinajstić information content (AvgIpc) is 2.08. The van der Waals surface area contributed by atoms with Gasteiger partial charge in [0.2, 0.25) is 0 Å². The van der Waals surface area contributed by atoms with Gasteiger partial charge in [0.1, 0.15) is 21.3 Å². The number of nitrogens with zero attached hydrogens (tertiary/aromatic N) is 1. The van der Waals surface area contributed by atoms with Gasteiger partial charge in [0.05, 0.1) is 4.97 Å². The third-order valence-corrected chi connectivity index (χ3v) is 1.62. The molecule has 0 aliphatic heterocycles. The molecule has 0 saturated carbocycles. The Balaban J connectivity index is 3.84. The van der Waals surface area contributed by atoms with Crippen LogP contribution in [0.4, 0.5) is 0 Å². The molecule has 0 N–H and O–H groups in total. The van der Waals surface area contributed by atoms with Crippen LogP contribution in [0, 0.1) is 0 Å². The van der Waals surface area contributed by atoms with E-state index in [4.69, 9.17) is 14.5 Å². The average molecular weight is 164 g/mol. The molecule has 0 heterocycles. The number of rotatable bonds is 6. The lowest BCUT2D eigenvalue weighted by atomic mass is 10.3. The van der Waals surface area contributed by atoms with Crippen LogP contribution in [0.15, 0.2) is 0 Å². The molecule has 0 atom stereocenters. The zero-order valence-corrected chi connectivity index (χ0v) is 7.79. The smallest absolute Gasteiger partial charge is 0.135 e. The van der Waals surface area contributed by atoms with E-state index >= 15 is 0 Å². The zero-order valence-electron chi connectivity index (χ0n) is 7.79. The van der Waals surface area contributed by atoms with Gasteiger partial charge in [-0.05, 0) is 0 Å². The first-order valence-corrected chi connectivity index (χ1v) is 3.80. The SMILES string of the molecule is CCCC[N+](OC)(OC)OC. The Morgan fingerprint density at radius 1 is 1.00 bits per heavy atom. The summed E-state index contributed by atoms with van der Waals surface area (Å²) in [6.45, 7) is 2.82. The highest BCUT2D eigenvalue weighted by Gasteiger charge is 2.29. The molecule has 0 unspecified atom stereocenters. The molecule has 0 aliphatic carbocycles. The molecular formula is C7H18NO3+. The van der Waals surface area contributed by atoms with Gasteiger partial charge in [-0.25, -0.2) is 0 Å². The summed E-state index contributed by atoms with van der Waals surface area (Å²) in [4.78, 5) is 14.9. The van der Waals surface area contributed by atoms with Gasteiger partial charge < -0.3 is 0 Å². The molecule has 0 bridgehead atoms. The van der Waals surface area contributed by atoms with E-state index in [9.17, 15) is 0 Å². The van der Waals surface area contributed by atoms with Crippen molar-refractivity contribution in [2.24, 2.45) is 0 Å². The van der Waals surface area contributed by atoms with Gasteiger partial charge in [-0.1, -0.05) is 13.3 Å². The monoisotopic (exact) mass is 164 g/mol. The fourth-order valence-corrected chi connectivity index (χ4v) is 0.849. The van der Waals surface area contributed by atoms with E-state index in [1.165, 1.54) is 0 Å². The van der Waals surface area contributed by atoms with E-state index in [-0.39, 0.29) is 4.97 Å². The number of unbranched alkanes of at least 4 members (excludes halogenated alkanes) is 1. The minimum absolute atomic E-state index is 0.187. The number of hydrogen-bond donors (Lipinski definition) is 0. The third kappa shape index (κ3) is 3.16. The van der Waals surface area contributed by atoms with E-state index < -0.39 is 0 Å². The summed E-state index contributed by atoms with van der Waals surface area (Å²) in [5.74, 6) is 0. The van der Waals surface area contributed by atoms with Crippen molar-refractivity contribution in [3.8, 4) is 0 Å². The minimum Gasteiger partial charge on any atom is -0.135 e. The highest BCUT2D eigenvalue weighted by molar-refractivity contribution is 4.25. The first kappa shape index (κ1) is 10.8. The Morgan fingerprint density at radius 2 is 1.45 bits per heavy atom. The predicted molar refractivity (Wildman–Crippen MR) is 41.1 cm³/mol. The normalized spacial score (nSPS) is 12.0. The molecule has 0 aliphatic rings. The molecule has 11 heavy (non-hydrogen) atoms. The van der Waals surface area contributed by atoms with Crippen LogP contribution in [0.2, 0.25) is 0 Å². The van der Waals surface area contributed by atoms with E-state index in [1.807, 2.05) is 0 Å². The van der Waals surface area contributed by atoms with Crippen molar-refractivity contribution >= 4 is 0 Å². The Morgan fingerprint density at radius 3 is 1.73 bits per heavy atom. The lowest BCUT2D eigenvalue weighted by Gasteiger charge is -2.24. The summed E-state index contributed by atoms with van der Waals surface area (Å²) in [5, 5.41) is 0. The van der Waals surface area contributed by atoms with Crippen molar-refractivity contribution in [3.05, 3.63) is 0 Å². The maximum absolute atomic E-state index is 5.03. The van der Waals surface area contributed by atoms with E-state index in [2.05, 4.69) is 6.92 Å². The van der Waals surface area contributed by atoms with Gasteiger partial charge in [-0.15, -0.1) is 14.5 Å². The van der Waals surface area contributed by atoms with Crippen LogP contribution in [0.1, 0.15) is 19.8 Å². The van der Waals surface area contributed by atoms with Crippen LogP contribution in [0.25, 0.3) is 0 Å². The minimum atomic E-state index is -0.187. The lowest BCUT2D eigenvalue weighted by Crippen LogP contribution is -2.45. The Hall–Kier alpha value is -0.160. The molecule has 0 aromatic heterocycles. The highest BCUT2D eigenvalue weighted by atomic mass is 17.2. The van der Waals surface area contributed by atoms with Crippen LogP contribution in [0.3, 0.4) is 0 Å². The van der Waals surface area contributed by atoms with Crippen LogP contribution in [-0.2, 0) is 14.5 Å². The summed E-state index contributed by atoms with van der Waals surface area (Å²) in [7, 11) is 4.67. The van der Waals surface area contributed by atoms with Crippen molar-refractivity contribution in [2.45, 2.75) is 19.8 Å². The van der Waals surface area contributed by atoms with E-state index in [0.717, 1.165) is 12.8 Å². The third-order valence-electron chi connectivity index (χ3n) is 1.62. The first-order valence-electron chi connectivity index (χ1n) is 3.80. The fraction of sp³-hybridized carbons (Fsp3) is 1.00. The molecule has 0 aromatic carbocycles. The van der Waals surface area contributed by atoms with E-state index in [1.54, 1.807) is 21.3 Å². The maximum atomic E-state index is 5.03. The van der Waals surface area contributed by atoms with Crippen molar-refractivity contribution < 1.29 is 19.5 Å².